The minimum atomic E-state index is -0.0693. The van der Waals surface area contributed by atoms with Gasteiger partial charge in [-0.05, 0) is 30.6 Å². The molecule has 1 N–H and O–H groups in total. The van der Waals surface area contributed by atoms with E-state index in [1.807, 2.05) is 12.1 Å². The summed E-state index contributed by atoms with van der Waals surface area (Å²) in [4.78, 5) is 21.8. The minimum Gasteiger partial charge on any atom is -0.336 e. The average Bonchev–Trinajstić information content (AvgIpc) is 3.35. The van der Waals surface area contributed by atoms with E-state index in [0.29, 0.717) is 19.6 Å². The molecule has 3 rings (SSSR count). The standard InChI is InChI=1S/C20H27ClN4OS2/c1-3-8-25(15-16-6-7-19(21)28-16)20(26)22-14-17(18-5-4-13-27-18)24-11-9-23(2)10-12-24/h3-7,13,17H,1,8-12,14-15H2,2H3,(H,22,26)/t17-/m1/s1. The van der Waals surface area contributed by atoms with Crippen LogP contribution in [0.25, 0.3) is 0 Å². The number of thiophene rings is 2. The highest BCUT2D eigenvalue weighted by Crippen LogP contribution is 2.26. The highest BCUT2D eigenvalue weighted by molar-refractivity contribution is 7.16. The molecule has 0 bridgehead atoms. The summed E-state index contributed by atoms with van der Waals surface area (Å²) in [7, 11) is 2.16. The molecule has 1 saturated heterocycles. The highest BCUT2D eigenvalue weighted by atomic mass is 35.5. The second-order valence-corrected chi connectivity index (χ2v) is 9.71. The predicted octanol–water partition coefficient (Wildman–Crippen LogP) is 4.15. The van der Waals surface area contributed by atoms with Gasteiger partial charge in [-0.15, -0.1) is 29.3 Å². The lowest BCUT2D eigenvalue weighted by molar-refractivity contribution is 0.111. The van der Waals surface area contributed by atoms with Gasteiger partial charge in [0.15, 0.2) is 0 Å². The molecular formula is C20H27ClN4OS2. The summed E-state index contributed by atoms with van der Waals surface area (Å²) in [6, 6.07) is 8.21. The van der Waals surface area contributed by atoms with Crippen LogP contribution in [-0.4, -0.2) is 67.0 Å². The van der Waals surface area contributed by atoms with Gasteiger partial charge in [0.1, 0.15) is 0 Å². The van der Waals surface area contributed by atoms with Gasteiger partial charge in [-0.25, -0.2) is 4.79 Å². The summed E-state index contributed by atoms with van der Waals surface area (Å²) < 4.78 is 0.738. The summed E-state index contributed by atoms with van der Waals surface area (Å²) in [5.41, 5.74) is 0. The van der Waals surface area contributed by atoms with Crippen molar-refractivity contribution in [1.82, 2.24) is 20.0 Å². The minimum absolute atomic E-state index is 0.0693. The summed E-state index contributed by atoms with van der Waals surface area (Å²) in [6.07, 6.45) is 1.76. The number of urea groups is 1. The van der Waals surface area contributed by atoms with E-state index in [1.54, 1.807) is 22.3 Å². The SMILES string of the molecule is C=CCN(Cc1ccc(Cl)s1)C(=O)NC[C@H](c1cccs1)N1CCN(C)CC1. The van der Waals surface area contributed by atoms with Crippen LogP contribution in [0.2, 0.25) is 4.34 Å². The van der Waals surface area contributed by atoms with Gasteiger partial charge in [-0.3, -0.25) is 4.90 Å². The van der Waals surface area contributed by atoms with Crippen molar-refractivity contribution in [3.63, 3.8) is 0 Å². The Morgan fingerprint density at radius 3 is 2.75 bits per heavy atom. The van der Waals surface area contributed by atoms with Gasteiger partial charge in [0.2, 0.25) is 0 Å². The topological polar surface area (TPSA) is 38.8 Å². The molecule has 1 atom stereocenters. The maximum absolute atomic E-state index is 12.9. The van der Waals surface area contributed by atoms with Gasteiger partial charge in [0, 0.05) is 49.0 Å². The molecule has 152 valence electrons. The van der Waals surface area contributed by atoms with Crippen LogP contribution in [0, 0.1) is 0 Å². The number of halogens is 1. The van der Waals surface area contributed by atoms with Gasteiger partial charge < -0.3 is 15.1 Å². The van der Waals surface area contributed by atoms with Crippen molar-refractivity contribution in [3.05, 3.63) is 56.4 Å². The van der Waals surface area contributed by atoms with Crippen LogP contribution in [0.1, 0.15) is 15.8 Å². The molecule has 5 nitrogen and oxygen atoms in total. The Morgan fingerprint density at radius 1 is 1.36 bits per heavy atom. The number of carbonyl (C=O) groups is 1. The second kappa shape index (κ2) is 10.4. The van der Waals surface area contributed by atoms with Crippen LogP contribution >= 0.6 is 34.3 Å². The summed E-state index contributed by atoms with van der Waals surface area (Å²) in [5, 5.41) is 5.26. The molecule has 1 aliphatic heterocycles. The fraction of sp³-hybridized carbons (Fsp3) is 0.450. The first-order valence-electron chi connectivity index (χ1n) is 9.40. The third-order valence-corrected chi connectivity index (χ3v) is 7.10. The van der Waals surface area contributed by atoms with E-state index in [-0.39, 0.29) is 12.1 Å². The van der Waals surface area contributed by atoms with Crippen molar-refractivity contribution in [2.75, 3.05) is 46.3 Å². The second-order valence-electron chi connectivity index (χ2n) is 6.93. The van der Waals surface area contributed by atoms with E-state index in [4.69, 9.17) is 11.6 Å². The summed E-state index contributed by atoms with van der Waals surface area (Å²) in [5.74, 6) is 0. The number of carbonyl (C=O) groups excluding carboxylic acids is 1. The molecule has 3 heterocycles. The highest BCUT2D eigenvalue weighted by Gasteiger charge is 2.26. The lowest BCUT2D eigenvalue weighted by atomic mass is 10.1. The monoisotopic (exact) mass is 438 g/mol. The van der Waals surface area contributed by atoms with Crippen LogP contribution in [0.4, 0.5) is 4.79 Å². The Bertz CT molecular complexity index is 756. The summed E-state index contributed by atoms with van der Waals surface area (Å²) in [6.45, 7) is 9.56. The zero-order valence-electron chi connectivity index (χ0n) is 16.1. The number of rotatable bonds is 8. The third kappa shape index (κ3) is 5.81. The number of piperazine rings is 1. The van der Waals surface area contributed by atoms with Crippen LogP contribution < -0.4 is 5.32 Å². The van der Waals surface area contributed by atoms with Crippen molar-refractivity contribution < 1.29 is 4.79 Å². The molecule has 0 aliphatic carbocycles. The van der Waals surface area contributed by atoms with Gasteiger partial charge in [0.25, 0.3) is 0 Å². The number of nitrogens with zero attached hydrogens (tertiary/aromatic N) is 3. The van der Waals surface area contributed by atoms with Crippen molar-refractivity contribution >= 4 is 40.3 Å². The number of nitrogens with one attached hydrogen (secondary N) is 1. The molecule has 8 heteroatoms. The Kier molecular flexibility index (Phi) is 7.93. The van der Waals surface area contributed by atoms with Crippen molar-refractivity contribution in [1.29, 1.82) is 0 Å². The van der Waals surface area contributed by atoms with E-state index in [9.17, 15) is 4.79 Å². The first-order chi connectivity index (χ1) is 13.6. The van der Waals surface area contributed by atoms with Gasteiger partial charge >= 0.3 is 6.03 Å². The maximum atomic E-state index is 12.9. The Morgan fingerprint density at radius 2 is 2.14 bits per heavy atom. The third-order valence-electron chi connectivity index (χ3n) is 4.91. The van der Waals surface area contributed by atoms with Gasteiger partial charge in [-0.2, -0.15) is 0 Å². The number of amides is 2. The van der Waals surface area contributed by atoms with E-state index >= 15 is 0 Å². The fourth-order valence-electron chi connectivity index (χ4n) is 3.32. The summed E-state index contributed by atoms with van der Waals surface area (Å²) >= 11 is 9.28. The van der Waals surface area contributed by atoms with E-state index in [0.717, 1.165) is 35.4 Å². The molecule has 28 heavy (non-hydrogen) atoms. The first-order valence-corrected chi connectivity index (χ1v) is 11.5. The Hall–Kier alpha value is -1.38. The molecule has 0 aromatic carbocycles. The number of likely N-dealkylation sites (N-methyl/N-ethyl adjacent to an activating group) is 1. The lowest BCUT2D eigenvalue weighted by Gasteiger charge is -2.38. The van der Waals surface area contributed by atoms with E-state index in [2.05, 4.69) is 46.3 Å². The van der Waals surface area contributed by atoms with Crippen LogP contribution in [0.5, 0.6) is 0 Å². The van der Waals surface area contributed by atoms with Crippen molar-refractivity contribution in [2.24, 2.45) is 0 Å². The molecular weight excluding hydrogens is 412 g/mol. The van der Waals surface area contributed by atoms with Gasteiger partial charge in [-0.1, -0.05) is 23.7 Å². The normalized spacial score (nSPS) is 16.6. The molecule has 1 fully saturated rings. The largest absolute Gasteiger partial charge is 0.336 e. The van der Waals surface area contributed by atoms with Crippen molar-refractivity contribution in [3.8, 4) is 0 Å². The molecule has 2 amide bonds. The molecule has 1 aliphatic rings. The molecule has 0 radical (unpaired) electrons. The average molecular weight is 439 g/mol. The lowest BCUT2D eigenvalue weighted by Crippen LogP contribution is -2.49. The van der Waals surface area contributed by atoms with Crippen molar-refractivity contribution in [2.45, 2.75) is 12.6 Å². The van der Waals surface area contributed by atoms with Gasteiger partial charge in [0.05, 0.1) is 16.9 Å². The molecule has 2 aromatic heterocycles. The molecule has 2 aromatic rings. The fourth-order valence-corrected chi connectivity index (χ4v) is 5.28. The molecule has 0 spiro atoms. The first kappa shape index (κ1) is 21.3. The zero-order chi connectivity index (χ0) is 19.9. The van der Waals surface area contributed by atoms with Crippen LogP contribution in [0.15, 0.2) is 42.3 Å². The molecule has 0 unspecified atom stereocenters. The number of hydrogen-bond donors (Lipinski definition) is 1. The zero-order valence-corrected chi connectivity index (χ0v) is 18.5. The quantitative estimate of drug-likeness (QED) is 0.629. The number of hydrogen-bond acceptors (Lipinski definition) is 5. The van der Waals surface area contributed by atoms with E-state index < -0.39 is 0 Å². The smallest absolute Gasteiger partial charge is 0.318 e. The van der Waals surface area contributed by atoms with Crippen LogP contribution in [-0.2, 0) is 6.54 Å². The Balaban J connectivity index is 1.63. The van der Waals surface area contributed by atoms with E-state index in [1.165, 1.54) is 16.2 Å². The predicted molar refractivity (Wildman–Crippen MR) is 119 cm³/mol. The molecule has 0 saturated carbocycles. The Labute approximate surface area is 180 Å². The maximum Gasteiger partial charge on any atom is 0.318 e. The van der Waals surface area contributed by atoms with Crippen LogP contribution in [0.3, 0.4) is 0 Å².